The summed E-state index contributed by atoms with van der Waals surface area (Å²) in [7, 11) is 0. The van der Waals surface area contributed by atoms with E-state index in [2.05, 4.69) is 20.8 Å². The molecule has 1 rings (SSSR count). The maximum absolute atomic E-state index is 5.36. The Bertz CT molecular complexity index is 132. The highest BCUT2D eigenvalue weighted by Crippen LogP contribution is 2.27. The Labute approximate surface area is 75.2 Å². The van der Waals surface area contributed by atoms with Crippen molar-refractivity contribution >= 4 is 0 Å². The van der Waals surface area contributed by atoms with Crippen LogP contribution >= 0.6 is 0 Å². The molecule has 0 aromatic carbocycles. The first-order valence-corrected chi connectivity index (χ1v) is 4.93. The second kappa shape index (κ2) is 4.24. The zero-order valence-electron chi connectivity index (χ0n) is 8.43. The fourth-order valence-electron chi connectivity index (χ4n) is 1.41. The molecule has 12 heavy (non-hydrogen) atoms. The first-order valence-electron chi connectivity index (χ1n) is 4.93. The lowest BCUT2D eigenvalue weighted by atomic mass is 9.88. The van der Waals surface area contributed by atoms with Crippen molar-refractivity contribution in [3.05, 3.63) is 0 Å². The van der Waals surface area contributed by atoms with Crippen LogP contribution in [0.25, 0.3) is 0 Å². The van der Waals surface area contributed by atoms with E-state index in [-0.39, 0.29) is 5.60 Å². The van der Waals surface area contributed by atoms with Gasteiger partial charge < -0.3 is 0 Å². The summed E-state index contributed by atoms with van der Waals surface area (Å²) < 4.78 is 0. The fraction of sp³-hybridized carbons (Fsp3) is 1.00. The van der Waals surface area contributed by atoms with Crippen molar-refractivity contribution in [3.8, 4) is 0 Å². The Kier molecular flexibility index (Phi) is 3.53. The molecule has 72 valence electrons. The maximum Gasteiger partial charge on any atom is 0.100 e. The van der Waals surface area contributed by atoms with Crippen LogP contribution in [0, 0.1) is 5.92 Å². The van der Waals surface area contributed by atoms with Gasteiger partial charge in [-0.15, -0.1) is 0 Å². The van der Waals surface area contributed by atoms with Gasteiger partial charge in [0.1, 0.15) is 5.60 Å². The molecule has 1 atom stereocenters. The molecule has 1 heterocycles. The maximum atomic E-state index is 5.36. The molecular weight excluding hydrogens is 152 g/mol. The van der Waals surface area contributed by atoms with Crippen molar-refractivity contribution in [1.29, 1.82) is 0 Å². The Morgan fingerprint density at radius 1 is 1.17 bits per heavy atom. The molecule has 1 unspecified atom stereocenters. The molecule has 1 saturated heterocycles. The van der Waals surface area contributed by atoms with Crippen LogP contribution in [0.15, 0.2) is 0 Å². The highest BCUT2D eigenvalue weighted by Gasteiger charge is 2.28. The van der Waals surface area contributed by atoms with Crippen molar-refractivity contribution in [3.63, 3.8) is 0 Å². The minimum absolute atomic E-state index is 0.121. The lowest BCUT2D eigenvalue weighted by Gasteiger charge is -2.29. The fourth-order valence-corrected chi connectivity index (χ4v) is 1.41. The van der Waals surface area contributed by atoms with E-state index < -0.39 is 0 Å². The summed E-state index contributed by atoms with van der Waals surface area (Å²) in [6.45, 7) is 7.18. The molecule has 0 radical (unpaired) electrons. The lowest BCUT2D eigenvalue weighted by Crippen LogP contribution is -2.32. The molecule has 2 nitrogen and oxygen atoms in total. The average molecular weight is 172 g/mol. The van der Waals surface area contributed by atoms with Gasteiger partial charge in [-0.05, 0) is 32.6 Å². The molecule has 0 aliphatic carbocycles. The van der Waals surface area contributed by atoms with Crippen molar-refractivity contribution in [2.24, 2.45) is 5.92 Å². The summed E-state index contributed by atoms with van der Waals surface area (Å²) in [6, 6.07) is 0. The Morgan fingerprint density at radius 2 is 1.92 bits per heavy atom. The van der Waals surface area contributed by atoms with Gasteiger partial charge in [-0.25, -0.2) is 9.78 Å². The molecule has 0 N–H and O–H groups in total. The van der Waals surface area contributed by atoms with Crippen LogP contribution in [0.5, 0.6) is 0 Å². The topological polar surface area (TPSA) is 18.5 Å². The molecule has 0 saturated carbocycles. The largest absolute Gasteiger partial charge is 0.236 e. The summed E-state index contributed by atoms with van der Waals surface area (Å²) in [6.07, 6.45) is 4.94. The van der Waals surface area contributed by atoms with Gasteiger partial charge in [0.05, 0.1) is 6.61 Å². The average Bonchev–Trinajstić information content (AvgIpc) is 2.06. The van der Waals surface area contributed by atoms with Gasteiger partial charge in [0.2, 0.25) is 0 Å². The summed E-state index contributed by atoms with van der Waals surface area (Å²) in [5.41, 5.74) is -0.121. The molecule has 1 fully saturated rings. The third-order valence-corrected chi connectivity index (χ3v) is 2.83. The van der Waals surface area contributed by atoms with Gasteiger partial charge in [-0.3, -0.25) is 0 Å². The standard InChI is InChI=1S/C10H20O2/c1-9-7-5-4-6-8-11-12-10(9,2)3/h9H,4-8H2,1-3H3. The van der Waals surface area contributed by atoms with Crippen molar-refractivity contribution in [1.82, 2.24) is 0 Å². The van der Waals surface area contributed by atoms with Crippen molar-refractivity contribution in [2.75, 3.05) is 6.61 Å². The quantitative estimate of drug-likeness (QED) is 0.523. The van der Waals surface area contributed by atoms with E-state index in [1.807, 2.05) is 0 Å². The molecule has 0 aromatic heterocycles. The van der Waals surface area contributed by atoms with Gasteiger partial charge in [0.15, 0.2) is 0 Å². The molecule has 0 amide bonds. The van der Waals surface area contributed by atoms with Crippen molar-refractivity contribution in [2.45, 2.75) is 52.1 Å². The summed E-state index contributed by atoms with van der Waals surface area (Å²) >= 11 is 0. The zero-order valence-corrected chi connectivity index (χ0v) is 8.43. The first-order chi connectivity index (χ1) is 5.63. The molecule has 0 spiro atoms. The zero-order chi connectivity index (χ0) is 9.03. The SMILES string of the molecule is CC1CCCCCOOC1(C)C. The van der Waals surface area contributed by atoms with E-state index in [0.29, 0.717) is 5.92 Å². The molecular formula is C10H20O2. The van der Waals surface area contributed by atoms with E-state index in [0.717, 1.165) is 13.0 Å². The predicted octanol–water partition coefficient (Wildman–Crippen LogP) is 2.92. The summed E-state index contributed by atoms with van der Waals surface area (Å²) in [4.78, 5) is 10.5. The Balaban J connectivity index is 2.47. The van der Waals surface area contributed by atoms with Gasteiger partial charge in [-0.2, -0.15) is 0 Å². The van der Waals surface area contributed by atoms with Crippen LogP contribution in [0.2, 0.25) is 0 Å². The molecule has 2 heteroatoms. The van der Waals surface area contributed by atoms with Crippen LogP contribution in [0.4, 0.5) is 0 Å². The van der Waals surface area contributed by atoms with Crippen LogP contribution < -0.4 is 0 Å². The predicted molar refractivity (Wildman–Crippen MR) is 48.7 cm³/mol. The molecule has 0 bridgehead atoms. The lowest BCUT2D eigenvalue weighted by molar-refractivity contribution is -0.362. The third-order valence-electron chi connectivity index (χ3n) is 2.83. The summed E-state index contributed by atoms with van der Waals surface area (Å²) in [5.74, 6) is 0.579. The van der Waals surface area contributed by atoms with E-state index in [1.54, 1.807) is 0 Å². The van der Waals surface area contributed by atoms with Gasteiger partial charge in [0.25, 0.3) is 0 Å². The van der Waals surface area contributed by atoms with E-state index in [9.17, 15) is 0 Å². The molecule has 0 aromatic rings. The summed E-state index contributed by atoms with van der Waals surface area (Å²) in [5, 5.41) is 0. The minimum atomic E-state index is -0.121. The highest BCUT2D eigenvalue weighted by atomic mass is 17.2. The number of hydrogen-bond donors (Lipinski definition) is 0. The normalized spacial score (nSPS) is 31.8. The number of rotatable bonds is 0. The van der Waals surface area contributed by atoms with Crippen LogP contribution in [0.1, 0.15) is 46.5 Å². The van der Waals surface area contributed by atoms with Gasteiger partial charge >= 0.3 is 0 Å². The smallest absolute Gasteiger partial charge is 0.100 e. The highest BCUT2D eigenvalue weighted by molar-refractivity contribution is 4.75. The second-order valence-corrected chi connectivity index (χ2v) is 4.26. The van der Waals surface area contributed by atoms with Crippen LogP contribution in [0.3, 0.4) is 0 Å². The molecule has 1 aliphatic heterocycles. The number of hydrogen-bond acceptors (Lipinski definition) is 2. The van der Waals surface area contributed by atoms with E-state index in [1.165, 1.54) is 19.3 Å². The van der Waals surface area contributed by atoms with E-state index >= 15 is 0 Å². The first kappa shape index (κ1) is 10.0. The van der Waals surface area contributed by atoms with Crippen LogP contribution in [-0.2, 0) is 9.78 Å². The van der Waals surface area contributed by atoms with Crippen molar-refractivity contribution < 1.29 is 9.78 Å². The van der Waals surface area contributed by atoms with E-state index in [4.69, 9.17) is 9.78 Å². The third kappa shape index (κ3) is 2.76. The Hall–Kier alpha value is -0.0800. The van der Waals surface area contributed by atoms with Gasteiger partial charge in [-0.1, -0.05) is 19.8 Å². The molecule has 1 aliphatic rings. The van der Waals surface area contributed by atoms with Crippen LogP contribution in [-0.4, -0.2) is 12.2 Å². The monoisotopic (exact) mass is 172 g/mol. The van der Waals surface area contributed by atoms with Gasteiger partial charge in [0, 0.05) is 0 Å². The Morgan fingerprint density at radius 3 is 2.67 bits per heavy atom. The second-order valence-electron chi connectivity index (χ2n) is 4.26. The minimum Gasteiger partial charge on any atom is -0.236 e.